The Morgan fingerprint density at radius 1 is 1.32 bits per heavy atom. The van der Waals surface area contributed by atoms with Crippen LogP contribution in [0.1, 0.15) is 44.3 Å². The molecule has 0 aromatic carbocycles. The molecular formula is C20H26Cl2N4O4S. The van der Waals surface area contributed by atoms with Crippen molar-refractivity contribution in [3.05, 3.63) is 39.1 Å². The van der Waals surface area contributed by atoms with Gasteiger partial charge in [0, 0.05) is 11.3 Å². The van der Waals surface area contributed by atoms with Crippen LogP contribution in [0.4, 0.5) is 0 Å². The van der Waals surface area contributed by atoms with E-state index in [1.807, 2.05) is 6.07 Å². The van der Waals surface area contributed by atoms with E-state index in [-0.39, 0.29) is 36.3 Å². The maximum Gasteiger partial charge on any atom is 0.329 e. The summed E-state index contributed by atoms with van der Waals surface area (Å²) in [5.41, 5.74) is 2.62. The number of hydrogen-bond acceptors (Lipinski definition) is 7. The SMILES string of the molecule is COC(=O)C1Cc2nc[nH]c2CN1C(=O)c1cc2c(s1)C1(CCNCC1)OCC2.Cl.Cl. The highest BCUT2D eigenvalue weighted by Gasteiger charge is 2.43. The van der Waals surface area contributed by atoms with Gasteiger partial charge in [0.1, 0.15) is 11.6 Å². The molecule has 2 aromatic heterocycles. The molecule has 31 heavy (non-hydrogen) atoms. The average Bonchev–Trinajstić information content (AvgIpc) is 3.40. The van der Waals surface area contributed by atoms with Gasteiger partial charge in [0.05, 0.1) is 42.9 Å². The van der Waals surface area contributed by atoms with Crippen molar-refractivity contribution >= 4 is 48.0 Å². The number of amides is 1. The number of hydrogen-bond donors (Lipinski definition) is 2. The van der Waals surface area contributed by atoms with Crippen LogP contribution in [-0.2, 0) is 39.3 Å². The number of imidazole rings is 1. The lowest BCUT2D eigenvalue weighted by Crippen LogP contribution is -2.49. The Balaban J connectivity index is 0.00000136. The Morgan fingerprint density at radius 3 is 2.84 bits per heavy atom. The number of esters is 1. The van der Waals surface area contributed by atoms with Gasteiger partial charge in [0.15, 0.2) is 0 Å². The van der Waals surface area contributed by atoms with Gasteiger partial charge in [-0.3, -0.25) is 4.79 Å². The maximum absolute atomic E-state index is 13.5. The van der Waals surface area contributed by atoms with E-state index in [0.29, 0.717) is 24.4 Å². The molecule has 5 rings (SSSR count). The van der Waals surface area contributed by atoms with Crippen LogP contribution < -0.4 is 5.32 Å². The van der Waals surface area contributed by atoms with E-state index in [1.165, 1.54) is 28.9 Å². The van der Waals surface area contributed by atoms with Gasteiger partial charge in [0.2, 0.25) is 0 Å². The zero-order valence-electron chi connectivity index (χ0n) is 17.1. The van der Waals surface area contributed by atoms with Crippen LogP contribution in [0.15, 0.2) is 12.4 Å². The van der Waals surface area contributed by atoms with E-state index < -0.39 is 12.0 Å². The largest absolute Gasteiger partial charge is 0.467 e. The highest BCUT2D eigenvalue weighted by atomic mass is 35.5. The van der Waals surface area contributed by atoms with Crippen LogP contribution in [0.3, 0.4) is 0 Å². The predicted octanol–water partition coefficient (Wildman–Crippen LogP) is 2.21. The highest BCUT2D eigenvalue weighted by Crippen LogP contribution is 2.44. The number of ether oxygens (including phenoxy) is 2. The molecule has 0 aliphatic carbocycles. The van der Waals surface area contributed by atoms with Gasteiger partial charge in [-0.05, 0) is 44.0 Å². The van der Waals surface area contributed by atoms with E-state index in [0.717, 1.165) is 43.7 Å². The smallest absolute Gasteiger partial charge is 0.329 e. The molecule has 2 aromatic rings. The van der Waals surface area contributed by atoms with Crippen molar-refractivity contribution in [1.82, 2.24) is 20.2 Å². The molecule has 1 fully saturated rings. The summed E-state index contributed by atoms with van der Waals surface area (Å²) in [4.78, 5) is 36.7. The first-order valence-electron chi connectivity index (χ1n) is 9.99. The first-order chi connectivity index (χ1) is 14.1. The number of aromatic amines is 1. The second-order valence-corrected chi connectivity index (χ2v) is 8.86. The van der Waals surface area contributed by atoms with Crippen molar-refractivity contribution < 1.29 is 19.1 Å². The topological polar surface area (TPSA) is 96.5 Å². The number of carbonyl (C=O) groups is 2. The van der Waals surface area contributed by atoms with Crippen molar-refractivity contribution in [2.75, 3.05) is 26.8 Å². The lowest BCUT2D eigenvalue weighted by atomic mass is 9.86. The molecule has 0 bridgehead atoms. The molecule has 2 N–H and O–H groups in total. The highest BCUT2D eigenvalue weighted by molar-refractivity contribution is 7.14. The Labute approximate surface area is 196 Å². The third-order valence-electron chi connectivity index (χ3n) is 6.23. The number of methoxy groups -OCH3 is 1. The lowest BCUT2D eigenvalue weighted by Gasteiger charge is -2.40. The summed E-state index contributed by atoms with van der Waals surface area (Å²) in [6.07, 6.45) is 4.62. The molecule has 1 amide bonds. The number of nitrogens with one attached hydrogen (secondary N) is 2. The Bertz CT molecular complexity index is 957. The van der Waals surface area contributed by atoms with Crippen LogP contribution in [0.2, 0.25) is 0 Å². The second kappa shape index (κ2) is 9.46. The molecule has 0 saturated carbocycles. The lowest BCUT2D eigenvalue weighted by molar-refractivity contribution is -0.146. The predicted molar refractivity (Wildman–Crippen MR) is 120 cm³/mol. The van der Waals surface area contributed by atoms with Gasteiger partial charge in [0.25, 0.3) is 5.91 Å². The van der Waals surface area contributed by atoms with E-state index >= 15 is 0 Å². The minimum Gasteiger partial charge on any atom is -0.467 e. The molecule has 0 radical (unpaired) electrons. The molecular weight excluding hydrogens is 463 g/mol. The standard InChI is InChI=1S/C20H24N4O4S.2ClH/c1-27-19(26)15-9-13-14(23-11-22-13)10-24(15)18(25)16-8-12-2-7-28-20(17(12)29-16)3-5-21-6-4-20;;/h8,11,15,21H,2-7,9-10H2,1H3,(H,22,23);2*1H. The third kappa shape index (κ3) is 4.09. The Morgan fingerprint density at radius 2 is 2.10 bits per heavy atom. The summed E-state index contributed by atoms with van der Waals surface area (Å²) in [6, 6.07) is 1.34. The molecule has 1 spiro atoms. The van der Waals surface area contributed by atoms with Gasteiger partial charge in [-0.2, -0.15) is 0 Å². The number of rotatable bonds is 2. The van der Waals surface area contributed by atoms with Crippen LogP contribution in [-0.4, -0.2) is 59.6 Å². The minimum atomic E-state index is -0.661. The fraction of sp³-hybridized carbons (Fsp3) is 0.550. The van der Waals surface area contributed by atoms with Crippen molar-refractivity contribution in [3.63, 3.8) is 0 Å². The van der Waals surface area contributed by atoms with Gasteiger partial charge >= 0.3 is 5.97 Å². The fourth-order valence-electron chi connectivity index (χ4n) is 4.67. The van der Waals surface area contributed by atoms with Gasteiger partial charge in [-0.25, -0.2) is 9.78 Å². The number of thiophene rings is 1. The number of piperidine rings is 1. The normalized spacial score (nSPS) is 21.3. The number of fused-ring (bicyclic) bond motifs is 3. The summed E-state index contributed by atoms with van der Waals surface area (Å²) < 4.78 is 11.2. The summed E-state index contributed by atoms with van der Waals surface area (Å²) in [5, 5.41) is 3.39. The summed E-state index contributed by atoms with van der Waals surface area (Å²) in [6.45, 7) is 2.84. The number of nitrogens with zero attached hydrogens (tertiary/aromatic N) is 2. The maximum atomic E-state index is 13.5. The zero-order chi connectivity index (χ0) is 20.0. The number of aromatic nitrogens is 2. The van der Waals surface area contributed by atoms with Crippen LogP contribution >= 0.6 is 36.2 Å². The summed E-state index contributed by atoms with van der Waals surface area (Å²) in [5.74, 6) is -0.546. The van der Waals surface area contributed by atoms with Crippen molar-refractivity contribution in [1.29, 1.82) is 0 Å². The zero-order valence-corrected chi connectivity index (χ0v) is 19.6. The number of carbonyl (C=O) groups excluding carboxylic acids is 2. The molecule has 5 heterocycles. The molecule has 3 aliphatic rings. The Hall–Kier alpha value is -1.65. The average molecular weight is 489 g/mol. The first-order valence-corrected chi connectivity index (χ1v) is 10.8. The number of H-pyrrole nitrogens is 1. The minimum absolute atomic E-state index is 0. The summed E-state index contributed by atoms with van der Waals surface area (Å²) >= 11 is 1.53. The van der Waals surface area contributed by atoms with Crippen LogP contribution in [0.5, 0.6) is 0 Å². The van der Waals surface area contributed by atoms with Crippen LogP contribution in [0, 0.1) is 0 Å². The monoisotopic (exact) mass is 488 g/mol. The molecule has 1 atom stereocenters. The molecule has 8 nitrogen and oxygen atoms in total. The Kier molecular flexibility index (Phi) is 7.32. The second-order valence-electron chi connectivity index (χ2n) is 7.81. The van der Waals surface area contributed by atoms with Gasteiger partial charge < -0.3 is 24.7 Å². The van der Waals surface area contributed by atoms with Gasteiger partial charge in [-0.15, -0.1) is 36.2 Å². The van der Waals surface area contributed by atoms with Crippen molar-refractivity contribution in [3.8, 4) is 0 Å². The molecule has 11 heteroatoms. The fourth-order valence-corrected chi connectivity index (χ4v) is 6.03. The summed E-state index contributed by atoms with van der Waals surface area (Å²) in [7, 11) is 1.35. The van der Waals surface area contributed by atoms with Crippen molar-refractivity contribution in [2.24, 2.45) is 0 Å². The van der Waals surface area contributed by atoms with E-state index in [2.05, 4.69) is 15.3 Å². The van der Waals surface area contributed by atoms with E-state index in [1.54, 1.807) is 11.2 Å². The third-order valence-corrected chi connectivity index (χ3v) is 7.58. The molecule has 1 saturated heterocycles. The van der Waals surface area contributed by atoms with E-state index in [9.17, 15) is 9.59 Å². The molecule has 170 valence electrons. The first kappa shape index (κ1) is 24.0. The van der Waals surface area contributed by atoms with Crippen LogP contribution in [0.25, 0.3) is 0 Å². The van der Waals surface area contributed by atoms with Crippen molar-refractivity contribution in [2.45, 2.75) is 43.9 Å². The van der Waals surface area contributed by atoms with Gasteiger partial charge in [-0.1, -0.05) is 0 Å². The van der Waals surface area contributed by atoms with E-state index in [4.69, 9.17) is 9.47 Å². The quantitative estimate of drug-likeness (QED) is 0.629. The molecule has 1 unspecified atom stereocenters. The molecule has 3 aliphatic heterocycles. The number of halogens is 2.